The number of hydrogen-bond donors (Lipinski definition) is 1. The molecule has 0 aliphatic heterocycles. The lowest BCUT2D eigenvalue weighted by atomic mass is 10.0. The molecular formula is C19H21NO. The van der Waals surface area contributed by atoms with Crippen molar-refractivity contribution >= 4 is 11.0 Å². The molecule has 2 heteroatoms. The summed E-state index contributed by atoms with van der Waals surface area (Å²) in [4.78, 5) is 0. The van der Waals surface area contributed by atoms with Crippen molar-refractivity contribution in [3.05, 3.63) is 70.5 Å². The van der Waals surface area contributed by atoms with Crippen molar-refractivity contribution in [2.24, 2.45) is 5.73 Å². The quantitative estimate of drug-likeness (QED) is 0.761. The summed E-state index contributed by atoms with van der Waals surface area (Å²) in [7, 11) is 0. The molecule has 0 aliphatic carbocycles. The highest BCUT2D eigenvalue weighted by Gasteiger charge is 2.13. The second-order valence-corrected chi connectivity index (χ2v) is 6.00. The molecule has 1 unspecified atom stereocenters. The van der Waals surface area contributed by atoms with E-state index in [1.54, 1.807) is 0 Å². The fourth-order valence-electron chi connectivity index (χ4n) is 2.91. The van der Waals surface area contributed by atoms with Crippen molar-refractivity contribution < 1.29 is 4.42 Å². The highest BCUT2D eigenvalue weighted by molar-refractivity contribution is 5.78. The number of benzene rings is 2. The first kappa shape index (κ1) is 13.9. The summed E-state index contributed by atoms with van der Waals surface area (Å²) in [6.07, 6.45) is 0.793. The van der Waals surface area contributed by atoms with Gasteiger partial charge in [-0.2, -0.15) is 0 Å². The average Bonchev–Trinajstić information content (AvgIpc) is 2.80. The zero-order valence-electron chi connectivity index (χ0n) is 12.8. The fourth-order valence-corrected chi connectivity index (χ4v) is 2.91. The van der Waals surface area contributed by atoms with Crippen LogP contribution in [0.2, 0.25) is 0 Å². The summed E-state index contributed by atoms with van der Waals surface area (Å²) in [6.45, 7) is 6.32. The maximum Gasteiger partial charge on any atom is 0.134 e. The van der Waals surface area contributed by atoms with Crippen LogP contribution in [-0.2, 0) is 6.42 Å². The van der Waals surface area contributed by atoms with Gasteiger partial charge in [0, 0.05) is 5.39 Å². The number of hydrogen-bond acceptors (Lipinski definition) is 2. The minimum atomic E-state index is -0.112. The number of furan rings is 1. The molecule has 1 heterocycles. The molecule has 0 radical (unpaired) electrons. The lowest BCUT2D eigenvalue weighted by molar-refractivity contribution is 0.494. The van der Waals surface area contributed by atoms with E-state index in [9.17, 15) is 0 Å². The fraction of sp³-hybridized carbons (Fsp3) is 0.263. The van der Waals surface area contributed by atoms with Crippen molar-refractivity contribution in [2.45, 2.75) is 33.2 Å². The Kier molecular flexibility index (Phi) is 3.56. The molecule has 2 N–H and O–H groups in total. The summed E-state index contributed by atoms with van der Waals surface area (Å²) >= 11 is 0. The molecule has 0 aliphatic rings. The predicted molar refractivity (Wildman–Crippen MR) is 87.5 cm³/mol. The zero-order chi connectivity index (χ0) is 15.0. The Morgan fingerprint density at radius 3 is 2.33 bits per heavy atom. The summed E-state index contributed by atoms with van der Waals surface area (Å²) in [5.41, 5.74) is 12.3. The van der Waals surface area contributed by atoms with Crippen molar-refractivity contribution in [2.75, 3.05) is 0 Å². The maximum atomic E-state index is 6.34. The summed E-state index contributed by atoms with van der Waals surface area (Å²) in [5.74, 6) is 0.856. The van der Waals surface area contributed by atoms with Gasteiger partial charge < -0.3 is 10.2 Å². The van der Waals surface area contributed by atoms with Crippen LogP contribution in [0.4, 0.5) is 0 Å². The molecule has 21 heavy (non-hydrogen) atoms. The third-order valence-electron chi connectivity index (χ3n) is 3.79. The van der Waals surface area contributed by atoms with Gasteiger partial charge in [-0.15, -0.1) is 0 Å². The van der Waals surface area contributed by atoms with E-state index in [0.29, 0.717) is 0 Å². The topological polar surface area (TPSA) is 39.2 Å². The molecule has 0 bridgehead atoms. The van der Waals surface area contributed by atoms with Crippen LogP contribution in [0.15, 0.2) is 46.9 Å². The number of fused-ring (bicyclic) bond motifs is 1. The summed E-state index contributed by atoms with van der Waals surface area (Å²) in [6, 6.07) is 14.7. The van der Waals surface area contributed by atoms with Crippen molar-refractivity contribution in [1.29, 1.82) is 0 Å². The Labute approximate surface area is 125 Å². The number of rotatable bonds is 3. The van der Waals surface area contributed by atoms with Crippen molar-refractivity contribution in [3.63, 3.8) is 0 Å². The Morgan fingerprint density at radius 1 is 0.905 bits per heavy atom. The number of nitrogens with two attached hydrogens (primary N) is 1. The molecule has 0 spiro atoms. The Balaban J connectivity index is 1.87. The second kappa shape index (κ2) is 5.38. The summed E-state index contributed by atoms with van der Waals surface area (Å²) in [5, 5.41) is 1.13. The smallest absolute Gasteiger partial charge is 0.134 e. The molecule has 3 rings (SSSR count). The van der Waals surface area contributed by atoms with Gasteiger partial charge in [-0.05, 0) is 51.0 Å². The van der Waals surface area contributed by atoms with Crippen LogP contribution in [0.1, 0.15) is 34.1 Å². The second-order valence-electron chi connectivity index (χ2n) is 6.00. The molecular weight excluding hydrogens is 258 g/mol. The van der Waals surface area contributed by atoms with Crippen molar-refractivity contribution in [1.82, 2.24) is 0 Å². The lowest BCUT2D eigenvalue weighted by Gasteiger charge is -2.10. The molecule has 0 saturated heterocycles. The van der Waals surface area contributed by atoms with E-state index >= 15 is 0 Å². The van der Waals surface area contributed by atoms with Gasteiger partial charge in [0.25, 0.3) is 0 Å². The standard InChI is InChI=1S/C19H21NO/c1-12-4-5-18-16(9-12)11-19(21-18)17(20)10-15-7-13(2)6-14(3)8-15/h4-9,11,17H,10,20H2,1-3H3. The van der Waals surface area contributed by atoms with Crippen LogP contribution < -0.4 is 5.73 Å². The zero-order valence-corrected chi connectivity index (χ0v) is 12.8. The maximum absolute atomic E-state index is 6.34. The van der Waals surface area contributed by atoms with Gasteiger partial charge in [-0.3, -0.25) is 0 Å². The van der Waals surface area contributed by atoms with Crippen LogP contribution in [0.3, 0.4) is 0 Å². The first-order valence-corrected chi connectivity index (χ1v) is 7.34. The van der Waals surface area contributed by atoms with Gasteiger partial charge in [0.05, 0.1) is 6.04 Å². The third-order valence-corrected chi connectivity index (χ3v) is 3.79. The van der Waals surface area contributed by atoms with Crippen LogP contribution in [0, 0.1) is 20.8 Å². The molecule has 0 fully saturated rings. The SMILES string of the molecule is Cc1cc(C)cc(CC(N)c2cc3cc(C)ccc3o2)c1. The number of aryl methyl sites for hydroxylation is 3. The van der Waals surface area contributed by atoms with Crippen LogP contribution in [0.5, 0.6) is 0 Å². The molecule has 1 atom stereocenters. The van der Waals surface area contributed by atoms with E-state index in [0.717, 1.165) is 23.2 Å². The van der Waals surface area contributed by atoms with Crippen molar-refractivity contribution in [3.8, 4) is 0 Å². The molecule has 2 aromatic carbocycles. The van der Waals surface area contributed by atoms with E-state index in [2.05, 4.69) is 57.2 Å². The van der Waals surface area contributed by atoms with Gasteiger partial charge in [0.2, 0.25) is 0 Å². The molecule has 0 amide bonds. The molecule has 2 nitrogen and oxygen atoms in total. The highest BCUT2D eigenvalue weighted by atomic mass is 16.3. The van der Waals surface area contributed by atoms with Gasteiger partial charge >= 0.3 is 0 Å². The normalized spacial score (nSPS) is 12.8. The molecule has 3 aromatic rings. The highest BCUT2D eigenvalue weighted by Crippen LogP contribution is 2.26. The Bertz CT molecular complexity index is 765. The van der Waals surface area contributed by atoms with Gasteiger partial charge in [0.15, 0.2) is 0 Å². The lowest BCUT2D eigenvalue weighted by Crippen LogP contribution is -2.12. The Hall–Kier alpha value is -2.06. The van der Waals surface area contributed by atoms with Gasteiger partial charge in [-0.1, -0.05) is 41.0 Å². The molecule has 1 aromatic heterocycles. The van der Waals surface area contributed by atoms with E-state index < -0.39 is 0 Å². The van der Waals surface area contributed by atoms with Crippen LogP contribution in [-0.4, -0.2) is 0 Å². The van der Waals surface area contributed by atoms with Crippen LogP contribution in [0.25, 0.3) is 11.0 Å². The third kappa shape index (κ3) is 3.01. The van der Waals surface area contributed by atoms with Gasteiger partial charge in [0.1, 0.15) is 11.3 Å². The summed E-state index contributed by atoms with van der Waals surface area (Å²) < 4.78 is 5.89. The monoisotopic (exact) mass is 279 g/mol. The minimum Gasteiger partial charge on any atom is -0.459 e. The minimum absolute atomic E-state index is 0.112. The van der Waals surface area contributed by atoms with Gasteiger partial charge in [-0.25, -0.2) is 0 Å². The Morgan fingerprint density at radius 2 is 1.62 bits per heavy atom. The first-order valence-electron chi connectivity index (χ1n) is 7.34. The van der Waals surface area contributed by atoms with E-state index in [1.165, 1.54) is 22.3 Å². The van der Waals surface area contributed by atoms with Crippen LogP contribution >= 0.6 is 0 Å². The molecule has 0 saturated carbocycles. The van der Waals surface area contributed by atoms with E-state index in [4.69, 9.17) is 10.2 Å². The predicted octanol–water partition coefficient (Wildman–Crippen LogP) is 4.60. The molecule has 108 valence electrons. The van der Waals surface area contributed by atoms with E-state index in [-0.39, 0.29) is 6.04 Å². The average molecular weight is 279 g/mol. The first-order chi connectivity index (χ1) is 10.0. The largest absolute Gasteiger partial charge is 0.459 e. The van der Waals surface area contributed by atoms with E-state index in [1.807, 2.05) is 6.07 Å².